The zero-order valence-corrected chi connectivity index (χ0v) is 20.6. The van der Waals surface area contributed by atoms with E-state index in [1.807, 2.05) is 0 Å². The quantitative estimate of drug-likeness (QED) is 0.216. The molecule has 2 nitrogen and oxygen atoms in total. The van der Waals surface area contributed by atoms with Crippen LogP contribution < -0.4 is 0 Å². The van der Waals surface area contributed by atoms with Gasteiger partial charge in [-0.2, -0.15) is 0 Å². The number of hydrogen-bond acceptors (Lipinski definition) is 0. The Morgan fingerprint density at radius 3 is 2.36 bits per heavy atom. The number of allylic oxidation sites excluding steroid dienone is 2. The summed E-state index contributed by atoms with van der Waals surface area (Å²) in [5.41, 5.74) is 9.87. The van der Waals surface area contributed by atoms with Gasteiger partial charge in [-0.3, -0.25) is 0 Å². The van der Waals surface area contributed by atoms with Crippen molar-refractivity contribution >= 4 is 49.3 Å². The predicted octanol–water partition coefficient (Wildman–Crippen LogP) is 8.58. The van der Waals surface area contributed by atoms with Gasteiger partial charge in [-0.25, -0.2) is 0 Å². The van der Waals surface area contributed by atoms with E-state index in [9.17, 15) is 0 Å². The number of benzene rings is 3. The number of aromatic nitrogens is 2. The van der Waals surface area contributed by atoms with E-state index < -0.39 is 0 Å². The van der Waals surface area contributed by atoms with E-state index in [-0.39, 0.29) is 5.41 Å². The molecule has 0 N–H and O–H groups in total. The van der Waals surface area contributed by atoms with E-state index in [4.69, 9.17) is 13.2 Å². The normalized spacial score (nSPS) is 33.9. The van der Waals surface area contributed by atoms with Gasteiger partial charge in [-0.15, -0.1) is 0 Å². The zero-order valence-electron chi connectivity index (χ0n) is 20.6. The van der Waals surface area contributed by atoms with Gasteiger partial charge >= 0.3 is 0 Å². The lowest BCUT2D eigenvalue weighted by Crippen LogP contribution is -2.56. The van der Waals surface area contributed by atoms with Gasteiger partial charge < -0.3 is 9.13 Å². The molecule has 1 spiro atoms. The van der Waals surface area contributed by atoms with E-state index >= 15 is 0 Å². The lowest BCUT2D eigenvalue weighted by molar-refractivity contribution is 0.0400. The molecule has 0 amide bonds. The number of para-hydroxylation sites is 2. The molecule has 6 atom stereocenters. The molecule has 0 saturated heterocycles. The lowest BCUT2D eigenvalue weighted by atomic mass is 9.46. The Morgan fingerprint density at radius 1 is 0.750 bits per heavy atom. The van der Waals surface area contributed by atoms with Crippen LogP contribution in [0, 0.1) is 23.7 Å². The van der Waals surface area contributed by atoms with Crippen molar-refractivity contribution in [2.24, 2.45) is 23.7 Å². The van der Waals surface area contributed by atoms with Crippen LogP contribution in [0.15, 0.2) is 73.3 Å². The summed E-state index contributed by atoms with van der Waals surface area (Å²) in [5, 5.41) is 5.66. The van der Waals surface area contributed by atoms with Crippen LogP contribution in [-0.2, 0) is 5.41 Å². The summed E-state index contributed by atoms with van der Waals surface area (Å²) in [6, 6.07) is 21.3. The standard InChI is InChI=1S/C34H30N2/c1-18-19(2)35-27-12-5-3-9-22(27)24-17-25-23-10-4-6-13-28(23)36-29-15-14-21-16-20-8-7-11-26(20)34(18,30(21)29)31(32(24)35)33(25)36/h3-6,9-10,12-13,17,20-21,26,29-30H,1-2,7-8,11,14-16H2. The highest BCUT2D eigenvalue weighted by molar-refractivity contribution is 6.23. The van der Waals surface area contributed by atoms with Crippen molar-refractivity contribution in [2.75, 3.05) is 0 Å². The van der Waals surface area contributed by atoms with Crippen LogP contribution in [-0.4, -0.2) is 9.13 Å². The second kappa shape index (κ2) is 5.83. The van der Waals surface area contributed by atoms with Gasteiger partial charge in [0.1, 0.15) is 0 Å². The minimum absolute atomic E-state index is 0.0366. The monoisotopic (exact) mass is 466 g/mol. The fourth-order valence-corrected chi connectivity index (χ4v) is 10.8. The Bertz CT molecular complexity index is 1880. The first-order valence-corrected chi connectivity index (χ1v) is 14.1. The van der Waals surface area contributed by atoms with Crippen LogP contribution in [0.25, 0.3) is 49.3 Å². The molecule has 2 aromatic heterocycles. The molecule has 0 bridgehead atoms. The first-order chi connectivity index (χ1) is 17.7. The number of nitrogens with zero attached hydrogens (tertiary/aromatic N) is 2. The predicted molar refractivity (Wildman–Crippen MR) is 149 cm³/mol. The molecule has 176 valence electrons. The van der Waals surface area contributed by atoms with Crippen molar-refractivity contribution in [1.82, 2.24) is 9.13 Å². The van der Waals surface area contributed by atoms with Gasteiger partial charge in [0.15, 0.2) is 0 Å². The van der Waals surface area contributed by atoms with Crippen LogP contribution in [0.3, 0.4) is 0 Å². The Hall–Kier alpha value is -3.26. The Balaban J connectivity index is 1.55. The molecule has 36 heavy (non-hydrogen) atoms. The second-order valence-electron chi connectivity index (χ2n) is 12.5. The summed E-state index contributed by atoms with van der Waals surface area (Å²) < 4.78 is 5.32. The summed E-state index contributed by atoms with van der Waals surface area (Å²) in [7, 11) is 0. The maximum atomic E-state index is 5.01. The van der Waals surface area contributed by atoms with Gasteiger partial charge in [0.05, 0.1) is 16.6 Å². The molecule has 5 aliphatic rings. The molecule has 10 rings (SSSR count). The van der Waals surface area contributed by atoms with E-state index in [0.717, 1.165) is 17.5 Å². The van der Waals surface area contributed by atoms with Crippen LogP contribution in [0.4, 0.5) is 0 Å². The Labute approximate surface area is 210 Å². The summed E-state index contributed by atoms with van der Waals surface area (Å²) in [6.45, 7) is 9.82. The van der Waals surface area contributed by atoms with Crippen molar-refractivity contribution in [2.45, 2.75) is 50.0 Å². The largest absolute Gasteiger partial charge is 0.337 e. The van der Waals surface area contributed by atoms with Gasteiger partial charge in [0.2, 0.25) is 0 Å². The third-order valence-corrected chi connectivity index (χ3v) is 11.6. The van der Waals surface area contributed by atoms with Crippen LogP contribution in [0.2, 0.25) is 0 Å². The summed E-state index contributed by atoms with van der Waals surface area (Å²) >= 11 is 0. The molecule has 3 saturated carbocycles. The molecule has 4 heterocycles. The van der Waals surface area contributed by atoms with Gasteiger partial charge in [-0.1, -0.05) is 62.4 Å². The van der Waals surface area contributed by atoms with E-state index in [1.165, 1.54) is 87.7 Å². The van der Waals surface area contributed by atoms with Gasteiger partial charge in [-0.05, 0) is 73.1 Å². The number of hydrogen-bond donors (Lipinski definition) is 0. The molecular weight excluding hydrogens is 436 g/mol. The van der Waals surface area contributed by atoms with Crippen molar-refractivity contribution in [1.29, 1.82) is 0 Å². The molecule has 6 unspecified atom stereocenters. The van der Waals surface area contributed by atoms with E-state index in [1.54, 1.807) is 5.56 Å². The van der Waals surface area contributed by atoms with Crippen molar-refractivity contribution in [3.8, 4) is 0 Å². The first kappa shape index (κ1) is 18.9. The average molecular weight is 467 g/mol. The minimum atomic E-state index is 0.0366. The minimum Gasteiger partial charge on any atom is -0.337 e. The number of fused-ring (bicyclic) bond motifs is 8. The molecule has 5 aromatic rings. The summed E-state index contributed by atoms with van der Waals surface area (Å²) in [6.07, 6.45) is 8.26. The Morgan fingerprint density at radius 2 is 1.50 bits per heavy atom. The Kier molecular flexibility index (Phi) is 3.06. The van der Waals surface area contributed by atoms with Gasteiger partial charge in [0, 0.05) is 49.8 Å². The molecule has 3 aliphatic carbocycles. The highest BCUT2D eigenvalue weighted by Crippen LogP contribution is 2.73. The molecular formula is C34H30N2. The fraction of sp³-hybridized carbons (Fsp3) is 0.353. The molecule has 2 heteroatoms. The van der Waals surface area contributed by atoms with Crippen LogP contribution in [0.5, 0.6) is 0 Å². The van der Waals surface area contributed by atoms with Crippen molar-refractivity contribution in [3.05, 3.63) is 78.9 Å². The lowest BCUT2D eigenvalue weighted by Gasteiger charge is -2.59. The molecule has 3 fully saturated rings. The number of rotatable bonds is 0. The molecule has 3 aromatic carbocycles. The highest BCUT2D eigenvalue weighted by atomic mass is 15.1. The van der Waals surface area contributed by atoms with Crippen molar-refractivity contribution < 1.29 is 0 Å². The maximum absolute atomic E-state index is 5.01. The van der Waals surface area contributed by atoms with Crippen LogP contribution in [0.1, 0.15) is 50.1 Å². The maximum Gasteiger partial charge on any atom is 0.0603 e. The van der Waals surface area contributed by atoms with Crippen LogP contribution >= 0.6 is 0 Å². The second-order valence-corrected chi connectivity index (χ2v) is 12.5. The van der Waals surface area contributed by atoms with E-state index in [0.29, 0.717) is 17.9 Å². The fourth-order valence-electron chi connectivity index (χ4n) is 10.8. The zero-order chi connectivity index (χ0) is 23.5. The van der Waals surface area contributed by atoms with Gasteiger partial charge in [0.25, 0.3) is 0 Å². The summed E-state index contributed by atoms with van der Waals surface area (Å²) in [5.74, 6) is 2.99. The highest BCUT2D eigenvalue weighted by Gasteiger charge is 2.66. The third-order valence-electron chi connectivity index (χ3n) is 11.6. The first-order valence-electron chi connectivity index (χ1n) is 14.1. The smallest absolute Gasteiger partial charge is 0.0603 e. The SMILES string of the molecule is C=C1C(=C)C23c4c5c(cc6c7ccccc7n(c46)C4CCC(CC6CCCC62)C43)c2ccccc2n51. The van der Waals surface area contributed by atoms with E-state index in [2.05, 4.69) is 63.7 Å². The molecule has 2 aliphatic heterocycles. The average Bonchev–Trinajstić information content (AvgIpc) is 3.68. The molecule has 0 radical (unpaired) electrons. The summed E-state index contributed by atoms with van der Waals surface area (Å²) in [4.78, 5) is 0. The third kappa shape index (κ3) is 1.72. The topological polar surface area (TPSA) is 9.86 Å². The van der Waals surface area contributed by atoms with Crippen molar-refractivity contribution in [3.63, 3.8) is 0 Å².